The molecule has 0 saturated carbocycles. The second-order valence-corrected chi connectivity index (χ2v) is 8.48. The molecule has 0 radical (unpaired) electrons. The Morgan fingerprint density at radius 2 is 1.78 bits per heavy atom. The summed E-state index contributed by atoms with van der Waals surface area (Å²) in [4.78, 5) is 13.3. The zero-order valence-electron chi connectivity index (χ0n) is 15.7. The Morgan fingerprint density at radius 3 is 2.33 bits per heavy atom. The first-order chi connectivity index (χ1) is 12.4. The maximum Gasteiger partial charge on any atom is 0.406 e. The molecule has 0 N–H and O–H groups in total. The number of hydrogen-bond acceptors (Lipinski definition) is 4. The number of amides is 1. The molecular formula is C18H23F3N4OS. The Kier molecular flexibility index (Phi) is 6.56. The number of rotatable bonds is 6. The largest absolute Gasteiger partial charge is 0.406 e. The van der Waals surface area contributed by atoms with Crippen molar-refractivity contribution < 1.29 is 18.0 Å². The summed E-state index contributed by atoms with van der Waals surface area (Å²) in [6.45, 7) is 6.13. The number of thioether (sulfide) groups is 1. The summed E-state index contributed by atoms with van der Waals surface area (Å²) in [6, 6.07) is 7.65. The van der Waals surface area contributed by atoms with Crippen molar-refractivity contribution in [1.82, 2.24) is 19.7 Å². The summed E-state index contributed by atoms with van der Waals surface area (Å²) >= 11 is 1.07. The van der Waals surface area contributed by atoms with Gasteiger partial charge in [-0.2, -0.15) is 13.2 Å². The Balaban J connectivity index is 2.09. The van der Waals surface area contributed by atoms with Gasteiger partial charge in [0.15, 0.2) is 5.16 Å². The standard InChI is InChI=1S/C18H23F3N4OS/c1-13-5-7-14(8-6-13)25-12-22-23-16(25)27-9-15(26)24(10-17(2,3)4)11-18(19,20)21/h5-8,12H,9-11H2,1-4H3. The van der Waals surface area contributed by atoms with E-state index in [1.165, 1.54) is 6.33 Å². The predicted octanol–water partition coefficient (Wildman–Crippen LogP) is 4.10. The minimum atomic E-state index is -4.44. The summed E-state index contributed by atoms with van der Waals surface area (Å²) in [5.74, 6) is -0.720. The highest BCUT2D eigenvalue weighted by Gasteiger charge is 2.34. The molecule has 2 rings (SSSR count). The molecule has 1 amide bonds. The van der Waals surface area contributed by atoms with E-state index in [4.69, 9.17) is 0 Å². The molecule has 0 aliphatic carbocycles. The van der Waals surface area contributed by atoms with Gasteiger partial charge in [-0.25, -0.2) is 0 Å². The molecule has 0 atom stereocenters. The van der Waals surface area contributed by atoms with Crippen LogP contribution in [-0.2, 0) is 4.79 Å². The van der Waals surface area contributed by atoms with Gasteiger partial charge in [0.2, 0.25) is 5.91 Å². The van der Waals surface area contributed by atoms with E-state index in [1.807, 2.05) is 31.2 Å². The van der Waals surface area contributed by atoms with Gasteiger partial charge in [-0.3, -0.25) is 9.36 Å². The quantitative estimate of drug-likeness (QED) is 0.685. The molecule has 1 aromatic carbocycles. The fraction of sp³-hybridized carbons (Fsp3) is 0.500. The van der Waals surface area contributed by atoms with Crippen molar-refractivity contribution >= 4 is 17.7 Å². The highest BCUT2D eigenvalue weighted by atomic mass is 32.2. The van der Waals surface area contributed by atoms with Crippen molar-refractivity contribution in [2.24, 2.45) is 5.41 Å². The van der Waals surface area contributed by atoms with Crippen molar-refractivity contribution in [2.45, 2.75) is 39.0 Å². The Hall–Kier alpha value is -2.03. The number of carbonyl (C=O) groups excluding carboxylic acids is 1. The van der Waals surface area contributed by atoms with Crippen LogP contribution in [0.1, 0.15) is 26.3 Å². The zero-order valence-corrected chi connectivity index (χ0v) is 16.6. The van der Waals surface area contributed by atoms with Crippen LogP contribution in [0.25, 0.3) is 5.69 Å². The monoisotopic (exact) mass is 400 g/mol. The van der Waals surface area contributed by atoms with Crippen LogP contribution in [0.2, 0.25) is 0 Å². The third-order valence-corrected chi connectivity index (χ3v) is 4.47. The van der Waals surface area contributed by atoms with Crippen LogP contribution in [0.15, 0.2) is 35.7 Å². The van der Waals surface area contributed by atoms with Crippen LogP contribution < -0.4 is 0 Å². The number of alkyl halides is 3. The number of benzene rings is 1. The Morgan fingerprint density at radius 1 is 1.15 bits per heavy atom. The van der Waals surface area contributed by atoms with Crippen molar-refractivity contribution in [2.75, 3.05) is 18.8 Å². The molecule has 1 heterocycles. The van der Waals surface area contributed by atoms with Crippen molar-refractivity contribution in [3.63, 3.8) is 0 Å². The van der Waals surface area contributed by atoms with E-state index in [-0.39, 0.29) is 12.3 Å². The Labute approximate surface area is 161 Å². The molecule has 0 aliphatic rings. The zero-order chi connectivity index (χ0) is 20.2. The lowest BCUT2D eigenvalue weighted by molar-refractivity contribution is -0.161. The smallest absolute Gasteiger partial charge is 0.332 e. The van der Waals surface area contributed by atoms with E-state index >= 15 is 0 Å². The first-order valence-electron chi connectivity index (χ1n) is 8.39. The fourth-order valence-electron chi connectivity index (χ4n) is 2.44. The number of hydrogen-bond donors (Lipinski definition) is 0. The Bertz CT molecular complexity index is 750. The van der Waals surface area contributed by atoms with Crippen molar-refractivity contribution in [1.29, 1.82) is 0 Å². The van der Waals surface area contributed by atoms with Crippen molar-refractivity contribution in [3.8, 4) is 5.69 Å². The fourth-order valence-corrected chi connectivity index (χ4v) is 3.28. The van der Waals surface area contributed by atoms with Gasteiger partial charge in [-0.05, 0) is 24.5 Å². The van der Waals surface area contributed by atoms with Crippen LogP contribution in [0, 0.1) is 12.3 Å². The van der Waals surface area contributed by atoms with Gasteiger partial charge in [0.05, 0.1) is 5.75 Å². The summed E-state index contributed by atoms with van der Waals surface area (Å²) in [5, 5.41) is 8.28. The van der Waals surface area contributed by atoms with Crippen LogP contribution in [0.3, 0.4) is 0 Å². The molecule has 0 unspecified atom stereocenters. The lowest BCUT2D eigenvalue weighted by atomic mass is 9.96. The van der Waals surface area contributed by atoms with Crippen molar-refractivity contribution in [3.05, 3.63) is 36.2 Å². The molecule has 0 aliphatic heterocycles. The van der Waals surface area contributed by atoms with Gasteiger partial charge in [0, 0.05) is 12.2 Å². The van der Waals surface area contributed by atoms with Crippen LogP contribution >= 0.6 is 11.8 Å². The number of aromatic nitrogens is 3. The molecule has 0 fully saturated rings. The average molecular weight is 400 g/mol. The lowest BCUT2D eigenvalue weighted by Crippen LogP contribution is -2.44. The van der Waals surface area contributed by atoms with Gasteiger partial charge < -0.3 is 4.90 Å². The molecule has 9 heteroatoms. The molecule has 0 bridgehead atoms. The number of aryl methyl sites for hydroxylation is 1. The first-order valence-corrected chi connectivity index (χ1v) is 9.37. The topological polar surface area (TPSA) is 51.0 Å². The minimum Gasteiger partial charge on any atom is -0.332 e. The molecular weight excluding hydrogens is 377 g/mol. The molecule has 0 spiro atoms. The van der Waals surface area contributed by atoms with E-state index < -0.39 is 24.0 Å². The summed E-state index contributed by atoms with van der Waals surface area (Å²) in [7, 11) is 0. The molecule has 27 heavy (non-hydrogen) atoms. The van der Waals surface area contributed by atoms with E-state index in [9.17, 15) is 18.0 Å². The highest BCUT2D eigenvalue weighted by molar-refractivity contribution is 7.99. The van der Waals surface area contributed by atoms with Gasteiger partial charge in [0.25, 0.3) is 0 Å². The van der Waals surface area contributed by atoms with E-state index in [0.29, 0.717) is 5.16 Å². The molecule has 2 aromatic rings. The third kappa shape index (κ3) is 6.89. The number of halogens is 3. The summed E-state index contributed by atoms with van der Waals surface area (Å²) in [6.07, 6.45) is -2.92. The average Bonchev–Trinajstić information content (AvgIpc) is 2.98. The van der Waals surface area contributed by atoms with Gasteiger partial charge >= 0.3 is 6.18 Å². The molecule has 1 aromatic heterocycles. The van der Waals surface area contributed by atoms with E-state index in [2.05, 4.69) is 10.2 Å². The number of nitrogens with zero attached hydrogens (tertiary/aromatic N) is 4. The predicted molar refractivity (Wildman–Crippen MR) is 98.9 cm³/mol. The molecule has 148 valence electrons. The summed E-state index contributed by atoms with van der Waals surface area (Å²) in [5.41, 5.74) is 1.48. The SMILES string of the molecule is Cc1ccc(-n2cnnc2SCC(=O)N(CC(C)(C)C)CC(F)(F)F)cc1. The van der Waals surface area contributed by atoms with E-state index in [0.717, 1.165) is 27.9 Å². The van der Waals surface area contributed by atoms with Crippen LogP contribution in [0.4, 0.5) is 13.2 Å². The molecule has 5 nitrogen and oxygen atoms in total. The van der Waals surface area contributed by atoms with Gasteiger partial charge in [-0.1, -0.05) is 50.2 Å². The normalized spacial score (nSPS) is 12.3. The maximum absolute atomic E-state index is 12.8. The van der Waals surface area contributed by atoms with Crippen LogP contribution in [-0.4, -0.2) is 50.6 Å². The first kappa shape index (κ1) is 21.3. The summed E-state index contributed by atoms with van der Waals surface area (Å²) < 4.78 is 40.2. The van der Waals surface area contributed by atoms with Gasteiger partial charge in [0.1, 0.15) is 12.9 Å². The van der Waals surface area contributed by atoms with E-state index in [1.54, 1.807) is 25.3 Å². The maximum atomic E-state index is 12.8. The van der Waals surface area contributed by atoms with Gasteiger partial charge in [-0.15, -0.1) is 10.2 Å². The highest BCUT2D eigenvalue weighted by Crippen LogP contribution is 2.24. The lowest BCUT2D eigenvalue weighted by Gasteiger charge is -2.30. The molecule has 0 saturated heterocycles. The number of carbonyl (C=O) groups is 1. The second kappa shape index (κ2) is 8.33. The third-order valence-electron chi connectivity index (χ3n) is 3.54. The second-order valence-electron chi connectivity index (χ2n) is 7.53. The van der Waals surface area contributed by atoms with Crippen LogP contribution in [0.5, 0.6) is 0 Å². The minimum absolute atomic E-state index is 0.0244.